The lowest BCUT2D eigenvalue weighted by Gasteiger charge is -2.28. The smallest absolute Gasteiger partial charge is 0.212 e. The molecule has 3 nitrogen and oxygen atoms in total. The van der Waals surface area contributed by atoms with Crippen LogP contribution in [0.3, 0.4) is 0 Å². The second kappa shape index (κ2) is 4.52. The fourth-order valence-corrected chi connectivity index (χ4v) is 3.01. The van der Waals surface area contributed by atoms with Crippen molar-refractivity contribution in [1.82, 2.24) is 4.31 Å². The summed E-state index contributed by atoms with van der Waals surface area (Å²) in [6.07, 6.45) is -2.85. The largest absolute Gasteiger partial charge is 0.402 e. The first-order valence-electron chi connectivity index (χ1n) is 5.23. The molecule has 0 bridgehead atoms. The van der Waals surface area contributed by atoms with Gasteiger partial charge in [0.05, 0.1) is 5.75 Å². The molecule has 0 spiro atoms. The average Bonchev–Trinajstić information content (AvgIpc) is 2.94. The summed E-state index contributed by atoms with van der Waals surface area (Å²) < 4.78 is 60.7. The molecule has 1 saturated carbocycles. The van der Waals surface area contributed by atoms with Crippen molar-refractivity contribution in [1.29, 1.82) is 0 Å². The molecule has 1 atom stereocenters. The molecule has 1 aliphatic rings. The zero-order chi connectivity index (χ0) is 12.6. The Bertz CT molecular complexity index is 335. The number of nitrogens with zero attached hydrogens (tertiary/aromatic N) is 1. The molecule has 0 radical (unpaired) electrons. The summed E-state index contributed by atoms with van der Waals surface area (Å²) in [7, 11) is -3.78. The Balaban J connectivity index is 2.84. The van der Waals surface area contributed by atoms with Gasteiger partial charge in [0, 0.05) is 6.04 Å². The molecule has 96 valence electrons. The second-order valence-corrected chi connectivity index (χ2v) is 6.35. The Kier molecular flexibility index (Phi) is 3.89. The fourth-order valence-electron chi connectivity index (χ4n) is 1.65. The van der Waals surface area contributed by atoms with Crippen LogP contribution in [-0.2, 0) is 10.0 Å². The van der Waals surface area contributed by atoms with E-state index in [0.29, 0.717) is 4.31 Å². The van der Waals surface area contributed by atoms with Crippen molar-refractivity contribution in [2.75, 3.05) is 12.3 Å². The van der Waals surface area contributed by atoms with Gasteiger partial charge in [-0.05, 0) is 32.6 Å². The molecule has 0 aromatic carbocycles. The van der Waals surface area contributed by atoms with Gasteiger partial charge in [0.2, 0.25) is 10.0 Å². The van der Waals surface area contributed by atoms with Gasteiger partial charge in [-0.2, -0.15) is 17.5 Å². The first-order chi connectivity index (χ1) is 7.17. The Labute approximate surface area is 93.7 Å². The molecular formula is C9H16F3NO2S. The van der Waals surface area contributed by atoms with E-state index in [2.05, 4.69) is 0 Å². The number of sulfonamides is 1. The van der Waals surface area contributed by atoms with Crippen molar-refractivity contribution in [3.8, 4) is 0 Å². The third-order valence-corrected chi connectivity index (χ3v) is 4.72. The topological polar surface area (TPSA) is 37.4 Å². The third kappa shape index (κ3) is 3.62. The summed E-state index contributed by atoms with van der Waals surface area (Å²) in [5.41, 5.74) is 0. The lowest BCUT2D eigenvalue weighted by atomic mass is 10.2. The van der Waals surface area contributed by atoms with Crippen molar-refractivity contribution < 1.29 is 21.6 Å². The minimum absolute atomic E-state index is 0.0867. The summed E-state index contributed by atoms with van der Waals surface area (Å²) in [6.45, 7) is 1.54. The van der Waals surface area contributed by atoms with Crippen LogP contribution in [0.25, 0.3) is 0 Å². The van der Waals surface area contributed by atoms with Gasteiger partial charge in [0.1, 0.15) is 6.54 Å². The summed E-state index contributed by atoms with van der Waals surface area (Å²) in [5, 5.41) is 0. The summed E-state index contributed by atoms with van der Waals surface area (Å²) in [4.78, 5) is 0. The lowest BCUT2D eigenvalue weighted by molar-refractivity contribution is -0.139. The lowest BCUT2D eigenvalue weighted by Crippen LogP contribution is -2.46. The number of rotatable bonds is 5. The standard InChI is InChI=1S/C9H16F3NO2S/c1-3-16(14,15)13(6-9(10,11)12)7(2)8-4-5-8/h7-8H,3-6H2,1-2H3. The van der Waals surface area contributed by atoms with Crippen LogP contribution in [-0.4, -0.2) is 37.2 Å². The summed E-state index contributed by atoms with van der Waals surface area (Å²) in [5.74, 6) is -0.205. The first kappa shape index (κ1) is 13.8. The monoisotopic (exact) mass is 259 g/mol. The van der Waals surface area contributed by atoms with Gasteiger partial charge in [0.15, 0.2) is 0 Å². The van der Waals surface area contributed by atoms with Crippen LogP contribution in [0.15, 0.2) is 0 Å². The van der Waals surface area contributed by atoms with Gasteiger partial charge in [0.25, 0.3) is 0 Å². The van der Waals surface area contributed by atoms with Gasteiger partial charge in [-0.15, -0.1) is 0 Å². The van der Waals surface area contributed by atoms with Crippen LogP contribution in [0.1, 0.15) is 26.7 Å². The maximum absolute atomic E-state index is 12.3. The van der Waals surface area contributed by atoms with Crippen LogP contribution < -0.4 is 0 Å². The predicted molar refractivity (Wildman–Crippen MR) is 54.4 cm³/mol. The highest BCUT2D eigenvalue weighted by molar-refractivity contribution is 7.89. The van der Waals surface area contributed by atoms with Gasteiger partial charge < -0.3 is 0 Å². The molecule has 16 heavy (non-hydrogen) atoms. The van der Waals surface area contributed by atoms with Crippen LogP contribution in [0.2, 0.25) is 0 Å². The van der Waals surface area contributed by atoms with E-state index in [0.717, 1.165) is 12.8 Å². The van der Waals surface area contributed by atoms with E-state index in [1.807, 2.05) is 0 Å². The van der Waals surface area contributed by atoms with E-state index in [9.17, 15) is 21.6 Å². The molecule has 0 saturated heterocycles. The minimum Gasteiger partial charge on any atom is -0.212 e. The molecule has 0 heterocycles. The molecule has 0 aromatic rings. The molecule has 0 amide bonds. The molecule has 1 fully saturated rings. The molecule has 1 rings (SSSR count). The zero-order valence-electron chi connectivity index (χ0n) is 9.29. The number of halogens is 3. The molecule has 0 N–H and O–H groups in total. The maximum atomic E-state index is 12.3. The normalized spacial score (nSPS) is 20.1. The van der Waals surface area contributed by atoms with Crippen LogP contribution in [0.4, 0.5) is 13.2 Å². The number of hydrogen-bond donors (Lipinski definition) is 0. The van der Waals surface area contributed by atoms with Crippen molar-refractivity contribution in [2.45, 2.75) is 38.9 Å². The third-order valence-electron chi connectivity index (χ3n) is 2.82. The Morgan fingerprint density at radius 3 is 2.19 bits per heavy atom. The molecule has 1 aliphatic carbocycles. The van der Waals surface area contributed by atoms with Crippen LogP contribution >= 0.6 is 0 Å². The highest BCUT2D eigenvalue weighted by Crippen LogP contribution is 2.37. The molecule has 1 unspecified atom stereocenters. The second-order valence-electron chi connectivity index (χ2n) is 4.14. The molecule has 7 heteroatoms. The van der Waals surface area contributed by atoms with Gasteiger partial charge in [-0.3, -0.25) is 0 Å². The first-order valence-corrected chi connectivity index (χ1v) is 6.84. The van der Waals surface area contributed by atoms with Gasteiger partial charge >= 0.3 is 6.18 Å². The Morgan fingerprint density at radius 1 is 1.38 bits per heavy atom. The molecule has 0 aromatic heterocycles. The van der Waals surface area contributed by atoms with Gasteiger partial charge in [-0.1, -0.05) is 0 Å². The molecule has 0 aliphatic heterocycles. The van der Waals surface area contributed by atoms with E-state index >= 15 is 0 Å². The molecular weight excluding hydrogens is 243 g/mol. The predicted octanol–water partition coefficient (Wildman–Crippen LogP) is 2.00. The number of alkyl halides is 3. The van der Waals surface area contributed by atoms with Crippen molar-refractivity contribution in [3.63, 3.8) is 0 Å². The summed E-state index contributed by atoms with van der Waals surface area (Å²) >= 11 is 0. The minimum atomic E-state index is -4.48. The van der Waals surface area contributed by atoms with E-state index in [4.69, 9.17) is 0 Å². The van der Waals surface area contributed by atoms with E-state index in [1.165, 1.54) is 6.92 Å². The SMILES string of the molecule is CCS(=O)(=O)N(CC(F)(F)F)C(C)C1CC1. The number of hydrogen-bond acceptors (Lipinski definition) is 2. The van der Waals surface area contributed by atoms with Gasteiger partial charge in [-0.25, -0.2) is 8.42 Å². The van der Waals surface area contributed by atoms with Crippen LogP contribution in [0.5, 0.6) is 0 Å². The maximum Gasteiger partial charge on any atom is 0.402 e. The highest BCUT2D eigenvalue weighted by Gasteiger charge is 2.42. The average molecular weight is 259 g/mol. The van der Waals surface area contributed by atoms with E-state index < -0.39 is 28.8 Å². The van der Waals surface area contributed by atoms with Crippen molar-refractivity contribution in [2.24, 2.45) is 5.92 Å². The van der Waals surface area contributed by atoms with E-state index in [-0.39, 0.29) is 11.7 Å². The van der Waals surface area contributed by atoms with Crippen molar-refractivity contribution in [3.05, 3.63) is 0 Å². The Morgan fingerprint density at radius 2 is 1.88 bits per heavy atom. The zero-order valence-corrected chi connectivity index (χ0v) is 10.1. The van der Waals surface area contributed by atoms with Crippen LogP contribution in [0, 0.1) is 5.92 Å². The highest BCUT2D eigenvalue weighted by atomic mass is 32.2. The fraction of sp³-hybridized carbons (Fsp3) is 1.00. The quantitative estimate of drug-likeness (QED) is 0.757. The summed E-state index contributed by atoms with van der Waals surface area (Å²) in [6, 6.07) is -0.549. The van der Waals surface area contributed by atoms with E-state index in [1.54, 1.807) is 6.92 Å². The van der Waals surface area contributed by atoms with Crippen molar-refractivity contribution >= 4 is 10.0 Å². The Hall–Kier alpha value is -0.300.